The number of nitrogens with one attached hydrogen (secondary N) is 1. The SMILES string of the molecule is CCOc1ccc(CCNC(=O)COC(=O)C2(c3ccccc3)CC2)cc1OCC. The van der Waals surface area contributed by atoms with Crippen molar-refractivity contribution < 1.29 is 23.8 Å². The van der Waals surface area contributed by atoms with E-state index < -0.39 is 5.41 Å². The zero-order chi connectivity index (χ0) is 21.4. The van der Waals surface area contributed by atoms with Gasteiger partial charge >= 0.3 is 5.97 Å². The number of hydrogen-bond donors (Lipinski definition) is 1. The van der Waals surface area contributed by atoms with Crippen molar-refractivity contribution in [3.8, 4) is 11.5 Å². The summed E-state index contributed by atoms with van der Waals surface area (Å²) < 4.78 is 16.5. The Balaban J connectivity index is 1.44. The van der Waals surface area contributed by atoms with Gasteiger partial charge in [0.2, 0.25) is 0 Å². The Bertz CT molecular complexity index is 861. The molecule has 6 heteroatoms. The molecule has 0 unspecified atom stereocenters. The van der Waals surface area contributed by atoms with Crippen LogP contribution in [0.1, 0.15) is 37.8 Å². The van der Waals surface area contributed by atoms with Crippen molar-refractivity contribution in [3.05, 3.63) is 59.7 Å². The molecule has 1 amide bonds. The van der Waals surface area contributed by atoms with Crippen molar-refractivity contribution in [1.82, 2.24) is 5.32 Å². The Morgan fingerprint density at radius 1 is 0.967 bits per heavy atom. The van der Waals surface area contributed by atoms with Gasteiger partial charge in [0, 0.05) is 6.54 Å². The van der Waals surface area contributed by atoms with E-state index in [1.807, 2.05) is 62.4 Å². The molecule has 0 heterocycles. The Hall–Kier alpha value is -3.02. The zero-order valence-corrected chi connectivity index (χ0v) is 17.6. The number of carbonyl (C=O) groups excluding carboxylic acids is 2. The molecule has 1 fully saturated rings. The van der Waals surface area contributed by atoms with Gasteiger partial charge in [-0.3, -0.25) is 9.59 Å². The molecule has 2 aromatic carbocycles. The molecule has 0 saturated heterocycles. The molecular weight excluding hydrogens is 382 g/mol. The van der Waals surface area contributed by atoms with Crippen LogP contribution in [0.3, 0.4) is 0 Å². The molecule has 0 atom stereocenters. The van der Waals surface area contributed by atoms with Crippen molar-refractivity contribution in [2.24, 2.45) is 0 Å². The predicted molar refractivity (Wildman–Crippen MR) is 114 cm³/mol. The monoisotopic (exact) mass is 411 g/mol. The Labute approximate surface area is 177 Å². The lowest BCUT2D eigenvalue weighted by Gasteiger charge is -2.15. The normalized spacial score (nSPS) is 13.9. The maximum Gasteiger partial charge on any atom is 0.317 e. The summed E-state index contributed by atoms with van der Waals surface area (Å²) in [6, 6.07) is 15.4. The average Bonchev–Trinajstić information content (AvgIpc) is 3.57. The van der Waals surface area contributed by atoms with E-state index in [9.17, 15) is 9.59 Å². The van der Waals surface area contributed by atoms with E-state index in [0.717, 1.165) is 24.0 Å². The largest absolute Gasteiger partial charge is 0.490 e. The fourth-order valence-corrected chi connectivity index (χ4v) is 3.41. The number of ether oxygens (including phenoxy) is 3. The molecule has 0 radical (unpaired) electrons. The summed E-state index contributed by atoms with van der Waals surface area (Å²) in [4.78, 5) is 24.6. The average molecular weight is 411 g/mol. The third-order valence-corrected chi connectivity index (χ3v) is 5.15. The van der Waals surface area contributed by atoms with Gasteiger partial charge < -0.3 is 19.5 Å². The fraction of sp³-hybridized carbons (Fsp3) is 0.417. The van der Waals surface area contributed by atoms with Crippen LogP contribution in [0.4, 0.5) is 0 Å². The first-order valence-corrected chi connectivity index (χ1v) is 10.5. The molecule has 0 aliphatic heterocycles. The van der Waals surface area contributed by atoms with Crippen LogP contribution in [0.2, 0.25) is 0 Å². The summed E-state index contributed by atoms with van der Waals surface area (Å²) in [5.74, 6) is 0.791. The summed E-state index contributed by atoms with van der Waals surface area (Å²) in [5.41, 5.74) is 1.41. The maximum absolute atomic E-state index is 12.5. The Morgan fingerprint density at radius 3 is 2.33 bits per heavy atom. The van der Waals surface area contributed by atoms with Gasteiger partial charge in [-0.2, -0.15) is 0 Å². The molecule has 1 saturated carbocycles. The highest BCUT2D eigenvalue weighted by atomic mass is 16.5. The van der Waals surface area contributed by atoms with Crippen molar-refractivity contribution >= 4 is 11.9 Å². The summed E-state index contributed by atoms with van der Waals surface area (Å²) in [6.07, 6.45) is 2.16. The molecule has 0 bridgehead atoms. The van der Waals surface area contributed by atoms with Gasteiger partial charge in [0.1, 0.15) is 0 Å². The summed E-state index contributed by atoms with van der Waals surface area (Å²) in [7, 11) is 0. The van der Waals surface area contributed by atoms with Crippen molar-refractivity contribution in [1.29, 1.82) is 0 Å². The number of amides is 1. The molecule has 30 heavy (non-hydrogen) atoms. The molecule has 2 aromatic rings. The molecule has 1 aliphatic carbocycles. The molecular formula is C24H29NO5. The van der Waals surface area contributed by atoms with Crippen molar-refractivity contribution in [3.63, 3.8) is 0 Å². The smallest absolute Gasteiger partial charge is 0.317 e. The number of benzene rings is 2. The lowest BCUT2D eigenvalue weighted by molar-refractivity contribution is -0.151. The van der Waals surface area contributed by atoms with Crippen molar-refractivity contribution in [2.45, 2.75) is 38.5 Å². The zero-order valence-electron chi connectivity index (χ0n) is 17.6. The number of esters is 1. The van der Waals surface area contributed by atoms with E-state index >= 15 is 0 Å². The summed E-state index contributed by atoms with van der Waals surface area (Å²) >= 11 is 0. The quantitative estimate of drug-likeness (QED) is 0.574. The highest BCUT2D eigenvalue weighted by molar-refractivity contribution is 5.88. The second kappa shape index (κ2) is 10.1. The standard InChI is InChI=1S/C24H29NO5/c1-3-28-20-11-10-18(16-21(20)29-4-2)12-15-25-22(26)17-30-23(27)24(13-14-24)19-8-6-5-7-9-19/h5-11,16H,3-4,12-15,17H2,1-2H3,(H,25,26). The van der Waals surface area contributed by atoms with Gasteiger partial charge in [0.05, 0.1) is 18.6 Å². The van der Waals surface area contributed by atoms with E-state index in [1.165, 1.54) is 0 Å². The lowest BCUT2D eigenvalue weighted by Crippen LogP contribution is -2.33. The summed E-state index contributed by atoms with van der Waals surface area (Å²) in [6.45, 7) is 5.15. The van der Waals surface area contributed by atoms with Crippen LogP contribution in [0.5, 0.6) is 11.5 Å². The topological polar surface area (TPSA) is 73.9 Å². The van der Waals surface area contributed by atoms with E-state index in [1.54, 1.807) is 0 Å². The lowest BCUT2D eigenvalue weighted by atomic mass is 9.96. The van der Waals surface area contributed by atoms with Crippen molar-refractivity contribution in [2.75, 3.05) is 26.4 Å². The molecule has 1 N–H and O–H groups in total. The predicted octanol–water partition coefficient (Wildman–Crippen LogP) is 3.42. The minimum absolute atomic E-state index is 0.263. The van der Waals surface area contributed by atoms with Crippen LogP contribution in [0.25, 0.3) is 0 Å². The van der Waals surface area contributed by atoms with Crippen LogP contribution >= 0.6 is 0 Å². The number of rotatable bonds is 11. The minimum Gasteiger partial charge on any atom is -0.490 e. The molecule has 3 rings (SSSR count). The molecule has 6 nitrogen and oxygen atoms in total. The van der Waals surface area contributed by atoms with Crippen LogP contribution in [-0.2, 0) is 26.2 Å². The van der Waals surface area contributed by atoms with E-state index in [0.29, 0.717) is 37.7 Å². The molecule has 1 aliphatic rings. The highest BCUT2D eigenvalue weighted by Gasteiger charge is 2.52. The van der Waals surface area contributed by atoms with E-state index in [4.69, 9.17) is 14.2 Å². The summed E-state index contributed by atoms with van der Waals surface area (Å²) in [5, 5.41) is 2.80. The first-order valence-electron chi connectivity index (χ1n) is 10.5. The molecule has 0 spiro atoms. The van der Waals surface area contributed by atoms with Gasteiger partial charge in [-0.05, 0) is 56.4 Å². The fourth-order valence-electron chi connectivity index (χ4n) is 3.41. The van der Waals surface area contributed by atoms with E-state index in [-0.39, 0.29) is 18.5 Å². The van der Waals surface area contributed by atoms with Gasteiger partial charge in [-0.15, -0.1) is 0 Å². The number of carbonyl (C=O) groups is 2. The van der Waals surface area contributed by atoms with Gasteiger partial charge in [-0.1, -0.05) is 36.4 Å². The van der Waals surface area contributed by atoms with E-state index in [2.05, 4.69) is 5.32 Å². The Kier molecular flexibility index (Phi) is 7.33. The first kappa shape index (κ1) is 21.7. The van der Waals surface area contributed by atoms with Gasteiger partial charge in [0.15, 0.2) is 18.1 Å². The maximum atomic E-state index is 12.5. The van der Waals surface area contributed by atoms with Crippen LogP contribution in [0, 0.1) is 0 Å². The second-order valence-electron chi connectivity index (χ2n) is 7.27. The third kappa shape index (κ3) is 5.32. The number of hydrogen-bond acceptors (Lipinski definition) is 5. The van der Waals surface area contributed by atoms with Crippen LogP contribution in [-0.4, -0.2) is 38.2 Å². The Morgan fingerprint density at radius 2 is 1.67 bits per heavy atom. The minimum atomic E-state index is -0.570. The molecule has 0 aromatic heterocycles. The second-order valence-corrected chi connectivity index (χ2v) is 7.27. The third-order valence-electron chi connectivity index (χ3n) is 5.15. The van der Waals surface area contributed by atoms with Gasteiger partial charge in [0.25, 0.3) is 5.91 Å². The first-order chi connectivity index (χ1) is 14.6. The van der Waals surface area contributed by atoms with Gasteiger partial charge in [-0.25, -0.2) is 0 Å². The van der Waals surface area contributed by atoms with Crippen LogP contribution in [0.15, 0.2) is 48.5 Å². The van der Waals surface area contributed by atoms with Crippen LogP contribution < -0.4 is 14.8 Å². The molecule has 160 valence electrons. The highest BCUT2D eigenvalue weighted by Crippen LogP contribution is 2.49.